The number of benzene rings is 1. The fraction of sp³-hybridized carbons (Fsp3) is 0.533. The van der Waals surface area contributed by atoms with Crippen molar-refractivity contribution >= 4 is 23.4 Å². The van der Waals surface area contributed by atoms with Crippen molar-refractivity contribution < 1.29 is 9.53 Å². The van der Waals surface area contributed by atoms with Crippen LogP contribution in [0.3, 0.4) is 0 Å². The summed E-state index contributed by atoms with van der Waals surface area (Å²) in [6, 6.07) is 3.81. The second-order valence-corrected chi connectivity index (χ2v) is 6.48. The van der Waals surface area contributed by atoms with Crippen LogP contribution in [0.1, 0.15) is 18.9 Å². The van der Waals surface area contributed by atoms with E-state index in [-0.39, 0.29) is 5.41 Å². The van der Waals surface area contributed by atoms with Crippen LogP contribution in [-0.2, 0) is 5.41 Å². The van der Waals surface area contributed by atoms with E-state index in [2.05, 4.69) is 36.1 Å². The number of hydrogen-bond acceptors (Lipinski definition) is 4. The molecule has 2 heterocycles. The third-order valence-electron chi connectivity index (χ3n) is 4.79. The van der Waals surface area contributed by atoms with Gasteiger partial charge in [0.2, 0.25) is 0 Å². The van der Waals surface area contributed by atoms with E-state index in [0.29, 0.717) is 16.9 Å². The van der Waals surface area contributed by atoms with Gasteiger partial charge in [-0.3, -0.25) is 4.90 Å². The number of halogens is 1. The van der Waals surface area contributed by atoms with Crippen molar-refractivity contribution in [2.45, 2.75) is 24.9 Å². The van der Waals surface area contributed by atoms with Gasteiger partial charge in [-0.15, -0.1) is 0 Å². The third kappa shape index (κ3) is 1.99. The zero-order chi connectivity index (χ0) is 15.4. The molecule has 21 heavy (non-hydrogen) atoms. The highest BCUT2D eigenvalue weighted by atomic mass is 35.5. The van der Waals surface area contributed by atoms with E-state index >= 15 is 0 Å². The maximum atomic E-state index is 11.4. The van der Waals surface area contributed by atoms with E-state index in [9.17, 15) is 4.79 Å². The van der Waals surface area contributed by atoms with Gasteiger partial charge in [-0.25, -0.2) is 4.79 Å². The number of amides is 1. The van der Waals surface area contributed by atoms with Crippen LogP contribution in [0.4, 0.5) is 10.5 Å². The average Bonchev–Trinajstić information content (AvgIpc) is 2.86. The number of likely N-dealkylation sites (N-methyl/N-ethyl adjacent to an activating group) is 2. The largest absolute Gasteiger partial charge is 0.412 e. The molecule has 3 rings (SSSR count). The van der Waals surface area contributed by atoms with Gasteiger partial charge < -0.3 is 15.0 Å². The van der Waals surface area contributed by atoms with E-state index < -0.39 is 6.09 Å². The Morgan fingerprint density at radius 2 is 2.19 bits per heavy atom. The molecule has 0 aromatic heterocycles. The van der Waals surface area contributed by atoms with Crippen LogP contribution in [0, 0.1) is 0 Å². The molecular weight excluding hydrogens is 290 g/mol. The summed E-state index contributed by atoms with van der Waals surface area (Å²) in [6.45, 7) is 3.35. The molecular formula is C15H20ClN3O2. The minimum atomic E-state index is -0.513. The Labute approximate surface area is 129 Å². The summed E-state index contributed by atoms with van der Waals surface area (Å²) < 4.78 is 5.23. The average molecular weight is 310 g/mol. The van der Waals surface area contributed by atoms with Gasteiger partial charge in [0.05, 0.1) is 11.2 Å². The number of fused-ring (bicyclic) bond motifs is 3. The first kappa shape index (κ1) is 14.5. The Morgan fingerprint density at radius 3 is 2.86 bits per heavy atom. The van der Waals surface area contributed by atoms with Gasteiger partial charge in [0.1, 0.15) is 0 Å². The van der Waals surface area contributed by atoms with Crippen molar-refractivity contribution in [1.29, 1.82) is 0 Å². The lowest BCUT2D eigenvalue weighted by Gasteiger charge is -2.32. The molecule has 2 aliphatic heterocycles. The molecule has 1 N–H and O–H groups in total. The zero-order valence-corrected chi connectivity index (χ0v) is 13.5. The Hall–Kier alpha value is -1.46. The second kappa shape index (κ2) is 4.78. The number of rotatable bonds is 1. The molecule has 0 unspecified atom stereocenters. The van der Waals surface area contributed by atoms with Crippen molar-refractivity contribution in [3.63, 3.8) is 0 Å². The van der Waals surface area contributed by atoms with Crippen molar-refractivity contribution in [3.05, 3.63) is 22.7 Å². The molecule has 0 aliphatic carbocycles. The molecule has 1 aromatic rings. The van der Waals surface area contributed by atoms with Gasteiger partial charge in [0, 0.05) is 37.8 Å². The zero-order valence-electron chi connectivity index (χ0n) is 12.7. The van der Waals surface area contributed by atoms with Gasteiger partial charge >= 0.3 is 6.09 Å². The van der Waals surface area contributed by atoms with E-state index in [4.69, 9.17) is 16.3 Å². The molecule has 0 bridgehead atoms. The minimum absolute atomic E-state index is 0.0635. The van der Waals surface area contributed by atoms with Crippen LogP contribution >= 0.6 is 11.6 Å². The SMILES string of the molecule is CNC(=O)Oc1cc2c(cc1Cl)[C@@]1(C)CCN(C)[C@H]1N2C. The number of carbonyl (C=O) groups excluding carboxylic acids is 1. The lowest BCUT2D eigenvalue weighted by Crippen LogP contribution is -2.45. The highest BCUT2D eigenvalue weighted by molar-refractivity contribution is 6.32. The topological polar surface area (TPSA) is 44.8 Å². The summed E-state index contributed by atoms with van der Waals surface area (Å²) in [5, 5.41) is 2.91. The summed E-state index contributed by atoms with van der Waals surface area (Å²) in [7, 11) is 5.74. The fourth-order valence-electron chi connectivity index (χ4n) is 3.80. The summed E-state index contributed by atoms with van der Waals surface area (Å²) in [4.78, 5) is 16.0. The van der Waals surface area contributed by atoms with Gasteiger partial charge in [-0.05, 0) is 25.1 Å². The number of nitrogens with zero attached hydrogens (tertiary/aromatic N) is 2. The number of carbonyl (C=O) groups is 1. The number of ether oxygens (including phenoxy) is 1. The number of likely N-dealkylation sites (tertiary alicyclic amines) is 1. The van der Waals surface area contributed by atoms with Gasteiger partial charge in [0.25, 0.3) is 0 Å². The maximum absolute atomic E-state index is 11.4. The molecule has 1 saturated heterocycles. The molecule has 114 valence electrons. The quantitative estimate of drug-likeness (QED) is 0.865. The highest BCUT2D eigenvalue weighted by Crippen LogP contribution is 2.53. The Bertz CT molecular complexity index is 607. The Morgan fingerprint density at radius 1 is 1.48 bits per heavy atom. The van der Waals surface area contributed by atoms with Crippen molar-refractivity contribution in [3.8, 4) is 5.75 Å². The number of anilines is 1. The van der Waals surface area contributed by atoms with Crippen LogP contribution in [0.2, 0.25) is 5.02 Å². The molecule has 2 atom stereocenters. The molecule has 0 saturated carbocycles. The predicted octanol–water partition coefficient (Wildman–Crippen LogP) is 2.43. The minimum Gasteiger partial charge on any atom is -0.409 e. The van der Waals surface area contributed by atoms with Crippen LogP contribution in [0.25, 0.3) is 0 Å². The van der Waals surface area contributed by atoms with Crippen molar-refractivity contribution in [2.24, 2.45) is 0 Å². The summed E-state index contributed by atoms with van der Waals surface area (Å²) in [6.07, 6.45) is 0.900. The molecule has 5 nitrogen and oxygen atoms in total. The Balaban J connectivity index is 2.06. The molecule has 0 spiro atoms. The third-order valence-corrected chi connectivity index (χ3v) is 5.09. The van der Waals surface area contributed by atoms with Crippen LogP contribution in [0.5, 0.6) is 5.75 Å². The Kier molecular flexibility index (Phi) is 3.30. The number of nitrogens with one attached hydrogen (secondary N) is 1. The van der Waals surface area contributed by atoms with E-state index in [1.807, 2.05) is 12.1 Å². The maximum Gasteiger partial charge on any atom is 0.412 e. The number of hydrogen-bond donors (Lipinski definition) is 1. The van der Waals surface area contributed by atoms with Gasteiger partial charge in [-0.2, -0.15) is 0 Å². The molecule has 6 heteroatoms. The van der Waals surface area contributed by atoms with E-state index in [1.54, 1.807) is 0 Å². The predicted molar refractivity (Wildman–Crippen MR) is 83.3 cm³/mol. The van der Waals surface area contributed by atoms with Crippen LogP contribution in [0.15, 0.2) is 12.1 Å². The van der Waals surface area contributed by atoms with Crippen LogP contribution in [-0.4, -0.2) is 44.8 Å². The first-order chi connectivity index (χ1) is 9.88. The van der Waals surface area contributed by atoms with Crippen molar-refractivity contribution in [1.82, 2.24) is 10.2 Å². The molecule has 0 radical (unpaired) electrons. The monoisotopic (exact) mass is 309 g/mol. The summed E-state index contributed by atoms with van der Waals surface area (Å²) >= 11 is 6.31. The smallest absolute Gasteiger partial charge is 0.409 e. The van der Waals surface area contributed by atoms with Crippen molar-refractivity contribution in [2.75, 3.05) is 32.6 Å². The first-order valence-electron chi connectivity index (χ1n) is 7.05. The summed E-state index contributed by atoms with van der Waals surface area (Å²) in [5.41, 5.74) is 2.37. The molecule has 1 aromatic carbocycles. The first-order valence-corrected chi connectivity index (χ1v) is 7.43. The fourth-order valence-corrected chi connectivity index (χ4v) is 4.00. The van der Waals surface area contributed by atoms with Crippen LogP contribution < -0.4 is 15.0 Å². The van der Waals surface area contributed by atoms with E-state index in [0.717, 1.165) is 18.7 Å². The lowest BCUT2D eigenvalue weighted by molar-refractivity contribution is 0.203. The second-order valence-electron chi connectivity index (χ2n) is 6.07. The molecule has 1 amide bonds. The standard InChI is InChI=1S/C15H20ClN3O2/c1-15-5-6-18(3)13(15)19(4)11-8-12(21-14(20)17-2)10(16)7-9(11)15/h7-8,13H,5-6H2,1-4H3,(H,17,20)/t13-,15+/m0/s1. The molecule has 1 fully saturated rings. The normalized spacial score (nSPS) is 27.5. The van der Waals surface area contributed by atoms with Gasteiger partial charge in [-0.1, -0.05) is 18.5 Å². The molecule has 2 aliphatic rings. The van der Waals surface area contributed by atoms with Gasteiger partial charge in [0.15, 0.2) is 5.75 Å². The highest BCUT2D eigenvalue weighted by Gasteiger charge is 2.52. The lowest BCUT2D eigenvalue weighted by atomic mass is 9.81. The summed E-state index contributed by atoms with van der Waals surface area (Å²) in [5.74, 6) is 0.396. The van der Waals surface area contributed by atoms with E-state index in [1.165, 1.54) is 12.6 Å².